The molecule has 0 radical (unpaired) electrons. The average Bonchev–Trinajstić information content (AvgIpc) is 3.39. The molecule has 1 aromatic carbocycles. The predicted molar refractivity (Wildman–Crippen MR) is 140 cm³/mol. The Hall–Kier alpha value is -2.85. The van der Waals surface area contributed by atoms with Gasteiger partial charge in [0.2, 0.25) is 5.91 Å². The Labute approximate surface area is 214 Å². The molecule has 35 heavy (non-hydrogen) atoms. The summed E-state index contributed by atoms with van der Waals surface area (Å²) in [6.07, 6.45) is 0.444. The van der Waals surface area contributed by atoms with Gasteiger partial charge < -0.3 is 19.4 Å². The van der Waals surface area contributed by atoms with Crippen LogP contribution in [0.5, 0.6) is 5.75 Å². The van der Waals surface area contributed by atoms with Crippen LogP contribution in [0.25, 0.3) is 0 Å². The summed E-state index contributed by atoms with van der Waals surface area (Å²) in [5.41, 5.74) is 1.69. The molecule has 1 unspecified atom stereocenters. The Balaban J connectivity index is 1.61. The van der Waals surface area contributed by atoms with Crippen molar-refractivity contribution < 1.29 is 19.1 Å². The third-order valence-corrected chi connectivity index (χ3v) is 7.60. The van der Waals surface area contributed by atoms with E-state index in [-0.39, 0.29) is 23.2 Å². The topological polar surface area (TPSA) is 95.3 Å². The van der Waals surface area contributed by atoms with Gasteiger partial charge in [0.05, 0.1) is 18.4 Å². The minimum Gasteiger partial charge on any atom is -0.483 e. The van der Waals surface area contributed by atoms with E-state index in [1.807, 2.05) is 37.6 Å². The maximum absolute atomic E-state index is 12.6. The van der Waals surface area contributed by atoms with Crippen molar-refractivity contribution in [2.75, 3.05) is 18.2 Å². The summed E-state index contributed by atoms with van der Waals surface area (Å²) in [6.45, 7) is 10.4. The van der Waals surface area contributed by atoms with E-state index in [1.165, 1.54) is 35.8 Å². The fourth-order valence-corrected chi connectivity index (χ4v) is 5.08. The Morgan fingerprint density at radius 1 is 1.20 bits per heavy atom. The number of nitrogens with one attached hydrogen (secondary N) is 1. The van der Waals surface area contributed by atoms with Gasteiger partial charge in [-0.25, -0.2) is 4.79 Å². The molecule has 0 aliphatic heterocycles. The lowest BCUT2D eigenvalue weighted by Crippen LogP contribution is -2.16. The molecule has 10 heteroatoms. The Morgan fingerprint density at radius 2 is 1.89 bits per heavy atom. The van der Waals surface area contributed by atoms with Gasteiger partial charge in [-0.3, -0.25) is 4.79 Å². The lowest BCUT2D eigenvalue weighted by molar-refractivity contribution is -0.113. The minimum atomic E-state index is -0.469. The van der Waals surface area contributed by atoms with Gasteiger partial charge in [0.25, 0.3) is 0 Å². The molecule has 188 valence electrons. The summed E-state index contributed by atoms with van der Waals surface area (Å²) in [5, 5.41) is 12.4. The second-order valence-corrected chi connectivity index (χ2v) is 11.2. The molecule has 3 rings (SSSR count). The van der Waals surface area contributed by atoms with E-state index in [1.54, 1.807) is 6.07 Å². The number of esters is 1. The number of aryl methyl sites for hydroxylation is 1. The average molecular weight is 517 g/mol. The molecule has 0 aliphatic rings. The Morgan fingerprint density at radius 3 is 2.49 bits per heavy atom. The minimum absolute atomic E-state index is 0.0782. The maximum Gasteiger partial charge on any atom is 0.340 e. The molecular formula is C25H32N4O4S2. The number of methoxy groups -OCH3 is 1. The fraction of sp³-hybridized carbons (Fsp3) is 0.440. The molecular weight excluding hydrogens is 484 g/mol. The number of ether oxygens (including phenoxy) is 2. The van der Waals surface area contributed by atoms with Gasteiger partial charge in [-0.15, -0.1) is 21.5 Å². The zero-order valence-electron chi connectivity index (χ0n) is 21.2. The van der Waals surface area contributed by atoms with Crippen LogP contribution in [0.2, 0.25) is 0 Å². The number of carbonyl (C=O) groups is 2. The summed E-state index contributed by atoms with van der Waals surface area (Å²) < 4.78 is 12.7. The van der Waals surface area contributed by atoms with Crippen LogP contribution in [0.4, 0.5) is 5.00 Å². The molecule has 3 aromatic rings. The molecule has 0 fully saturated rings. The van der Waals surface area contributed by atoms with Crippen LogP contribution in [0.3, 0.4) is 0 Å². The number of anilines is 1. The van der Waals surface area contributed by atoms with E-state index < -0.39 is 5.97 Å². The van der Waals surface area contributed by atoms with Crippen LogP contribution in [0.1, 0.15) is 67.3 Å². The molecule has 0 saturated heterocycles. The van der Waals surface area contributed by atoms with Crippen molar-refractivity contribution in [3.8, 4) is 5.75 Å². The number of nitrogens with zero attached hydrogens (tertiary/aromatic N) is 3. The summed E-state index contributed by atoms with van der Waals surface area (Å²) in [6, 6.07) is 9.82. The summed E-state index contributed by atoms with van der Waals surface area (Å²) >= 11 is 2.64. The summed E-state index contributed by atoms with van der Waals surface area (Å²) in [7, 11) is 3.17. The van der Waals surface area contributed by atoms with Crippen molar-refractivity contribution in [3.05, 3.63) is 52.2 Å². The van der Waals surface area contributed by atoms with Crippen molar-refractivity contribution >= 4 is 40.0 Å². The molecule has 2 aromatic heterocycles. The van der Waals surface area contributed by atoms with Crippen LogP contribution >= 0.6 is 23.1 Å². The second kappa shape index (κ2) is 11.3. The molecule has 0 aliphatic carbocycles. The van der Waals surface area contributed by atoms with Gasteiger partial charge in [0, 0.05) is 11.9 Å². The fourth-order valence-electron chi connectivity index (χ4n) is 3.36. The standard InChI is InChI=1S/C25H32N4O4S2/c1-8-18-13-19(23(31)32-7)22(35-18)26-20(30)14-34-24-28-27-21(29(24)6)15(2)33-17-11-9-16(10-12-17)25(3,4)5/h9-13,15H,8,14H2,1-7H3,(H,26,30). The number of benzene rings is 1. The summed E-state index contributed by atoms with van der Waals surface area (Å²) in [4.78, 5) is 25.6. The number of rotatable bonds is 9. The van der Waals surface area contributed by atoms with Crippen molar-refractivity contribution in [2.24, 2.45) is 7.05 Å². The first-order valence-corrected chi connectivity index (χ1v) is 13.1. The monoisotopic (exact) mass is 516 g/mol. The molecule has 0 bridgehead atoms. The molecule has 1 atom stereocenters. The van der Waals surface area contributed by atoms with Crippen LogP contribution in [-0.4, -0.2) is 39.5 Å². The molecule has 2 heterocycles. The number of thiophene rings is 1. The quantitative estimate of drug-likeness (QED) is 0.301. The third-order valence-electron chi connectivity index (χ3n) is 5.39. The van der Waals surface area contributed by atoms with Gasteiger partial charge in [-0.1, -0.05) is 51.6 Å². The first-order chi connectivity index (χ1) is 16.5. The van der Waals surface area contributed by atoms with Gasteiger partial charge >= 0.3 is 5.97 Å². The van der Waals surface area contributed by atoms with Gasteiger partial charge in [-0.05, 0) is 42.5 Å². The highest BCUT2D eigenvalue weighted by atomic mass is 32.2. The highest BCUT2D eigenvalue weighted by Gasteiger charge is 2.21. The first kappa shape index (κ1) is 26.7. The van der Waals surface area contributed by atoms with Crippen molar-refractivity contribution in [2.45, 2.75) is 57.7 Å². The largest absolute Gasteiger partial charge is 0.483 e. The van der Waals surface area contributed by atoms with E-state index in [4.69, 9.17) is 9.47 Å². The number of thioether (sulfide) groups is 1. The van der Waals surface area contributed by atoms with Crippen LogP contribution in [-0.2, 0) is 28.4 Å². The van der Waals surface area contributed by atoms with Gasteiger partial charge in [0.1, 0.15) is 10.8 Å². The first-order valence-electron chi connectivity index (χ1n) is 11.3. The van der Waals surface area contributed by atoms with Crippen molar-refractivity contribution in [1.29, 1.82) is 0 Å². The van der Waals surface area contributed by atoms with Gasteiger partial charge in [0.15, 0.2) is 17.1 Å². The van der Waals surface area contributed by atoms with E-state index in [0.29, 0.717) is 21.5 Å². The number of hydrogen-bond donors (Lipinski definition) is 1. The van der Waals surface area contributed by atoms with Crippen molar-refractivity contribution in [1.82, 2.24) is 14.8 Å². The molecule has 0 saturated carbocycles. The lowest BCUT2D eigenvalue weighted by Gasteiger charge is -2.20. The predicted octanol–water partition coefficient (Wildman–Crippen LogP) is 5.39. The normalized spacial score (nSPS) is 12.3. The molecule has 8 nitrogen and oxygen atoms in total. The smallest absolute Gasteiger partial charge is 0.340 e. The maximum atomic E-state index is 12.6. The highest BCUT2D eigenvalue weighted by Crippen LogP contribution is 2.30. The molecule has 1 N–H and O–H groups in total. The zero-order valence-corrected chi connectivity index (χ0v) is 22.8. The van der Waals surface area contributed by atoms with Crippen LogP contribution < -0.4 is 10.1 Å². The third kappa shape index (κ3) is 6.64. The SMILES string of the molecule is CCc1cc(C(=O)OC)c(NC(=O)CSc2nnc(C(C)Oc3ccc(C(C)(C)C)cc3)n2C)s1. The van der Waals surface area contributed by atoms with E-state index in [9.17, 15) is 9.59 Å². The van der Waals surface area contributed by atoms with Crippen molar-refractivity contribution in [3.63, 3.8) is 0 Å². The lowest BCUT2D eigenvalue weighted by atomic mass is 9.87. The second-order valence-electron chi connectivity index (χ2n) is 9.07. The summed E-state index contributed by atoms with van der Waals surface area (Å²) in [5.74, 6) is 0.828. The highest BCUT2D eigenvalue weighted by molar-refractivity contribution is 7.99. The number of amides is 1. The molecule has 0 spiro atoms. The van der Waals surface area contributed by atoms with Crippen LogP contribution in [0, 0.1) is 0 Å². The van der Waals surface area contributed by atoms with Gasteiger partial charge in [-0.2, -0.15) is 0 Å². The number of aromatic nitrogens is 3. The Kier molecular flexibility index (Phi) is 8.60. The van der Waals surface area contributed by atoms with E-state index in [0.717, 1.165) is 17.0 Å². The number of hydrogen-bond acceptors (Lipinski definition) is 8. The number of carbonyl (C=O) groups excluding carboxylic acids is 2. The molecule has 1 amide bonds. The van der Waals surface area contributed by atoms with Crippen LogP contribution in [0.15, 0.2) is 35.5 Å². The Bertz CT molecular complexity index is 1180. The van der Waals surface area contributed by atoms with E-state index >= 15 is 0 Å². The zero-order chi connectivity index (χ0) is 25.8. The van der Waals surface area contributed by atoms with E-state index in [2.05, 4.69) is 48.4 Å².